The molecule has 0 aromatic carbocycles. The molecule has 1 aliphatic heterocycles. The number of rotatable bonds is 2. The van der Waals surface area contributed by atoms with Gasteiger partial charge in [0, 0.05) is 18.9 Å². The van der Waals surface area contributed by atoms with Crippen molar-refractivity contribution in [2.24, 2.45) is 0 Å². The van der Waals surface area contributed by atoms with E-state index in [4.69, 9.17) is 5.11 Å². The van der Waals surface area contributed by atoms with E-state index in [0.29, 0.717) is 5.92 Å². The van der Waals surface area contributed by atoms with E-state index < -0.39 is 0 Å². The average molecular weight is 178 g/mol. The molecule has 13 heavy (non-hydrogen) atoms. The molecule has 1 aromatic rings. The molecule has 0 bridgehead atoms. The van der Waals surface area contributed by atoms with Crippen LogP contribution >= 0.6 is 0 Å². The van der Waals surface area contributed by atoms with Gasteiger partial charge >= 0.3 is 0 Å². The highest BCUT2D eigenvalue weighted by Crippen LogP contribution is 2.24. The Morgan fingerprint density at radius 2 is 2.54 bits per heavy atom. The van der Waals surface area contributed by atoms with E-state index in [0.717, 1.165) is 25.1 Å². The number of hydrogen-bond acceptors (Lipinski definition) is 3. The summed E-state index contributed by atoms with van der Waals surface area (Å²) >= 11 is 0. The van der Waals surface area contributed by atoms with Gasteiger partial charge in [-0.05, 0) is 36.1 Å². The zero-order chi connectivity index (χ0) is 9.10. The van der Waals surface area contributed by atoms with Gasteiger partial charge in [-0.15, -0.1) is 0 Å². The van der Waals surface area contributed by atoms with Gasteiger partial charge in [0.05, 0.1) is 6.61 Å². The van der Waals surface area contributed by atoms with Crippen LogP contribution in [0.5, 0.6) is 0 Å². The summed E-state index contributed by atoms with van der Waals surface area (Å²) in [6.07, 6.45) is 4.72. The standard InChI is InChI=1S/C10H14N2O/c13-7-9-6-12-4-2-10(9)8-1-3-11-5-8/h2,4,6,8,11,13H,1,3,5,7H2. The van der Waals surface area contributed by atoms with Gasteiger partial charge in [-0.3, -0.25) is 4.98 Å². The fraction of sp³-hybridized carbons (Fsp3) is 0.500. The molecule has 70 valence electrons. The van der Waals surface area contributed by atoms with Gasteiger partial charge in [0.25, 0.3) is 0 Å². The van der Waals surface area contributed by atoms with Crippen molar-refractivity contribution in [1.29, 1.82) is 0 Å². The van der Waals surface area contributed by atoms with E-state index in [1.54, 1.807) is 12.4 Å². The molecule has 1 unspecified atom stereocenters. The first-order chi connectivity index (χ1) is 6.42. The number of nitrogens with one attached hydrogen (secondary N) is 1. The molecule has 3 nitrogen and oxygen atoms in total. The minimum absolute atomic E-state index is 0.0969. The predicted molar refractivity (Wildman–Crippen MR) is 50.4 cm³/mol. The van der Waals surface area contributed by atoms with E-state index in [9.17, 15) is 0 Å². The maximum atomic E-state index is 9.12. The first-order valence-corrected chi connectivity index (χ1v) is 4.66. The molecule has 0 radical (unpaired) electrons. The number of pyridine rings is 1. The van der Waals surface area contributed by atoms with Gasteiger partial charge in [0.2, 0.25) is 0 Å². The fourth-order valence-corrected chi connectivity index (χ4v) is 1.89. The van der Waals surface area contributed by atoms with E-state index >= 15 is 0 Å². The second kappa shape index (κ2) is 3.85. The summed E-state index contributed by atoms with van der Waals surface area (Å²) in [5.74, 6) is 0.560. The largest absolute Gasteiger partial charge is 0.392 e. The molecule has 1 aromatic heterocycles. The lowest BCUT2D eigenvalue weighted by Crippen LogP contribution is -2.09. The lowest BCUT2D eigenvalue weighted by molar-refractivity contribution is 0.279. The molecule has 2 N–H and O–H groups in total. The quantitative estimate of drug-likeness (QED) is 0.699. The van der Waals surface area contributed by atoms with Crippen molar-refractivity contribution >= 4 is 0 Å². The minimum atomic E-state index is 0.0969. The van der Waals surface area contributed by atoms with Gasteiger partial charge in [-0.2, -0.15) is 0 Å². The zero-order valence-corrected chi connectivity index (χ0v) is 7.53. The van der Waals surface area contributed by atoms with Crippen LogP contribution in [0.3, 0.4) is 0 Å². The number of aromatic nitrogens is 1. The number of aliphatic hydroxyl groups is 1. The Bertz CT molecular complexity index is 282. The van der Waals surface area contributed by atoms with E-state index in [2.05, 4.69) is 10.3 Å². The Labute approximate surface area is 77.8 Å². The topological polar surface area (TPSA) is 45.2 Å². The summed E-state index contributed by atoms with van der Waals surface area (Å²) in [7, 11) is 0. The normalized spacial score (nSPS) is 22.1. The van der Waals surface area contributed by atoms with Crippen LogP contribution in [0.4, 0.5) is 0 Å². The van der Waals surface area contributed by atoms with Crippen LogP contribution in [0.2, 0.25) is 0 Å². The van der Waals surface area contributed by atoms with Gasteiger partial charge < -0.3 is 10.4 Å². The molecular weight excluding hydrogens is 164 g/mol. The van der Waals surface area contributed by atoms with Crippen molar-refractivity contribution in [1.82, 2.24) is 10.3 Å². The minimum Gasteiger partial charge on any atom is -0.392 e. The smallest absolute Gasteiger partial charge is 0.0699 e. The third kappa shape index (κ3) is 1.71. The highest BCUT2D eigenvalue weighted by atomic mass is 16.3. The van der Waals surface area contributed by atoms with Crippen molar-refractivity contribution in [3.63, 3.8) is 0 Å². The maximum Gasteiger partial charge on any atom is 0.0699 e. The van der Waals surface area contributed by atoms with Crippen LogP contribution in [-0.4, -0.2) is 23.2 Å². The van der Waals surface area contributed by atoms with E-state index in [-0.39, 0.29) is 6.61 Å². The first kappa shape index (κ1) is 8.66. The second-order valence-electron chi connectivity index (χ2n) is 3.42. The molecule has 0 saturated carbocycles. The third-order valence-electron chi connectivity index (χ3n) is 2.61. The molecule has 0 spiro atoms. The van der Waals surface area contributed by atoms with Crippen molar-refractivity contribution in [2.75, 3.05) is 13.1 Å². The molecule has 1 atom stereocenters. The summed E-state index contributed by atoms with van der Waals surface area (Å²) in [5, 5.41) is 12.4. The Morgan fingerprint density at radius 1 is 1.62 bits per heavy atom. The van der Waals surface area contributed by atoms with Gasteiger partial charge in [-0.1, -0.05) is 0 Å². The molecule has 2 heterocycles. The lowest BCUT2D eigenvalue weighted by atomic mass is 9.95. The Balaban J connectivity index is 2.26. The molecular formula is C10H14N2O. The van der Waals surface area contributed by atoms with Crippen LogP contribution in [0.15, 0.2) is 18.5 Å². The third-order valence-corrected chi connectivity index (χ3v) is 2.61. The van der Waals surface area contributed by atoms with Gasteiger partial charge in [0.15, 0.2) is 0 Å². The zero-order valence-electron chi connectivity index (χ0n) is 7.53. The summed E-state index contributed by atoms with van der Waals surface area (Å²) in [6.45, 7) is 2.20. The Kier molecular flexibility index (Phi) is 2.57. The van der Waals surface area contributed by atoms with Crippen molar-refractivity contribution in [2.45, 2.75) is 18.9 Å². The Morgan fingerprint density at radius 3 is 3.23 bits per heavy atom. The summed E-state index contributed by atoms with van der Waals surface area (Å²) in [5.41, 5.74) is 2.22. The van der Waals surface area contributed by atoms with E-state index in [1.165, 1.54) is 5.56 Å². The van der Waals surface area contributed by atoms with Crippen LogP contribution in [0.1, 0.15) is 23.5 Å². The summed E-state index contributed by atoms with van der Waals surface area (Å²) in [6, 6.07) is 2.02. The van der Waals surface area contributed by atoms with Crippen molar-refractivity contribution in [3.05, 3.63) is 29.6 Å². The molecule has 1 saturated heterocycles. The fourth-order valence-electron chi connectivity index (χ4n) is 1.89. The number of hydrogen-bond donors (Lipinski definition) is 2. The van der Waals surface area contributed by atoms with Crippen LogP contribution < -0.4 is 5.32 Å². The van der Waals surface area contributed by atoms with Crippen LogP contribution in [0, 0.1) is 0 Å². The Hall–Kier alpha value is -0.930. The lowest BCUT2D eigenvalue weighted by Gasteiger charge is -2.12. The van der Waals surface area contributed by atoms with Gasteiger partial charge in [0.1, 0.15) is 0 Å². The van der Waals surface area contributed by atoms with Crippen molar-refractivity contribution < 1.29 is 5.11 Å². The first-order valence-electron chi connectivity index (χ1n) is 4.66. The molecule has 0 aliphatic carbocycles. The predicted octanol–water partition coefficient (Wildman–Crippen LogP) is 0.651. The van der Waals surface area contributed by atoms with Crippen molar-refractivity contribution in [3.8, 4) is 0 Å². The highest BCUT2D eigenvalue weighted by Gasteiger charge is 2.18. The monoisotopic (exact) mass is 178 g/mol. The number of nitrogens with zero attached hydrogens (tertiary/aromatic N) is 1. The summed E-state index contributed by atoms with van der Waals surface area (Å²) < 4.78 is 0. The van der Waals surface area contributed by atoms with Crippen LogP contribution in [0.25, 0.3) is 0 Å². The molecule has 1 fully saturated rings. The number of aliphatic hydroxyl groups excluding tert-OH is 1. The highest BCUT2D eigenvalue weighted by molar-refractivity contribution is 5.27. The summed E-state index contributed by atoms with van der Waals surface area (Å²) in [4.78, 5) is 4.01. The second-order valence-corrected chi connectivity index (χ2v) is 3.42. The molecule has 1 aliphatic rings. The molecule has 2 rings (SSSR count). The maximum absolute atomic E-state index is 9.12. The van der Waals surface area contributed by atoms with E-state index in [1.807, 2.05) is 6.07 Å². The average Bonchev–Trinajstić information content (AvgIpc) is 2.70. The SMILES string of the molecule is OCc1cnccc1C1CCNC1. The van der Waals surface area contributed by atoms with Crippen LogP contribution in [-0.2, 0) is 6.61 Å². The molecule has 0 amide bonds. The molecule has 3 heteroatoms. The van der Waals surface area contributed by atoms with Gasteiger partial charge in [-0.25, -0.2) is 0 Å².